The minimum atomic E-state index is -1.77. The van der Waals surface area contributed by atoms with E-state index < -0.39 is 40.6 Å². The Labute approximate surface area is 191 Å². The Kier molecular flexibility index (Phi) is 9.11. The van der Waals surface area contributed by atoms with Gasteiger partial charge in [-0.25, -0.2) is 9.59 Å². The molecule has 0 spiro atoms. The van der Waals surface area contributed by atoms with E-state index in [0.717, 1.165) is 0 Å². The lowest BCUT2D eigenvalue weighted by Crippen LogP contribution is -2.65. The number of fused-ring (bicyclic) bond motifs is 1. The van der Waals surface area contributed by atoms with Gasteiger partial charge in [-0.15, -0.1) is 23.5 Å². The zero-order valence-electron chi connectivity index (χ0n) is 15.3. The summed E-state index contributed by atoms with van der Waals surface area (Å²) in [7, 11) is 0. The molecule has 13 heteroatoms. The van der Waals surface area contributed by atoms with E-state index in [-0.39, 0.29) is 29.1 Å². The average Bonchev–Trinajstić information content (AvgIpc) is 2.96. The highest BCUT2D eigenvalue weighted by Gasteiger charge is 2.63. The Balaban J connectivity index is 2.02. The number of rotatable bonds is 9. The third-order valence-corrected chi connectivity index (χ3v) is 7.45. The van der Waals surface area contributed by atoms with Gasteiger partial charge in [0.2, 0.25) is 9.70 Å². The molecule has 0 radical (unpaired) electrons. The van der Waals surface area contributed by atoms with Gasteiger partial charge in [-0.3, -0.25) is 4.79 Å². The van der Waals surface area contributed by atoms with Crippen molar-refractivity contribution < 1.29 is 33.7 Å². The van der Waals surface area contributed by atoms with Crippen molar-refractivity contribution in [2.75, 3.05) is 25.6 Å². The van der Waals surface area contributed by atoms with E-state index in [2.05, 4.69) is 6.58 Å². The number of halogens is 3. The lowest BCUT2D eigenvalue weighted by atomic mass is 9.91. The maximum Gasteiger partial charge on any atom is 0.508 e. The third kappa shape index (κ3) is 6.24. The van der Waals surface area contributed by atoms with Crippen LogP contribution in [0, 0.1) is 5.92 Å². The van der Waals surface area contributed by atoms with Crippen LogP contribution >= 0.6 is 58.3 Å². The van der Waals surface area contributed by atoms with Gasteiger partial charge in [0, 0.05) is 5.75 Å². The number of amides is 1. The molecule has 8 nitrogen and oxygen atoms in total. The summed E-state index contributed by atoms with van der Waals surface area (Å²) in [4.78, 5) is 38.4. The zero-order valence-corrected chi connectivity index (χ0v) is 19.2. The second-order valence-corrected chi connectivity index (χ2v) is 11.4. The number of nitrogens with zero attached hydrogens (tertiary/aromatic N) is 1. The molecule has 1 N–H and O–H groups in total. The van der Waals surface area contributed by atoms with Gasteiger partial charge in [0.1, 0.15) is 25.2 Å². The van der Waals surface area contributed by atoms with Gasteiger partial charge in [0.05, 0.1) is 16.6 Å². The highest BCUT2D eigenvalue weighted by molar-refractivity contribution is 8.17. The van der Waals surface area contributed by atoms with Gasteiger partial charge in [0.25, 0.3) is 0 Å². The van der Waals surface area contributed by atoms with E-state index in [1.165, 1.54) is 34.5 Å². The van der Waals surface area contributed by atoms with Crippen molar-refractivity contribution in [2.24, 2.45) is 5.92 Å². The van der Waals surface area contributed by atoms with Crippen LogP contribution in [-0.4, -0.2) is 79.5 Å². The molecular formula is C16H20Cl3NO7S2. The molecule has 2 saturated heterocycles. The van der Waals surface area contributed by atoms with Crippen LogP contribution in [-0.2, 0) is 23.8 Å². The predicted octanol–water partition coefficient (Wildman–Crippen LogP) is 2.58. The highest BCUT2D eigenvalue weighted by Crippen LogP contribution is 2.52. The van der Waals surface area contributed by atoms with Crippen molar-refractivity contribution in [1.29, 1.82) is 0 Å². The molecule has 0 aliphatic carbocycles. The third-order valence-electron chi connectivity index (χ3n) is 4.05. The first kappa shape index (κ1) is 24.7. The van der Waals surface area contributed by atoms with Crippen molar-refractivity contribution in [3.05, 3.63) is 12.7 Å². The summed E-state index contributed by atoms with van der Waals surface area (Å²) in [6.07, 6.45) is -0.441. The van der Waals surface area contributed by atoms with Gasteiger partial charge in [-0.2, -0.15) is 0 Å². The summed E-state index contributed by atoms with van der Waals surface area (Å²) in [5.41, 5.74) is 0. The Morgan fingerprint density at radius 3 is 2.69 bits per heavy atom. The number of alkyl halides is 3. The number of aliphatic hydroxyl groups excluding tert-OH is 1. The van der Waals surface area contributed by atoms with E-state index in [1.807, 2.05) is 0 Å². The molecular weight excluding hydrogens is 489 g/mol. The fraction of sp³-hybridized carbons (Fsp3) is 0.688. The Bertz CT molecular complexity index is 648. The topological polar surface area (TPSA) is 102 Å². The molecule has 2 heterocycles. The van der Waals surface area contributed by atoms with Crippen LogP contribution in [0.2, 0.25) is 0 Å². The van der Waals surface area contributed by atoms with Crippen LogP contribution in [0.1, 0.15) is 6.92 Å². The standard InChI is InChI=1S/C16H20Cl3NO7S2/c1-3-5-25-13(23)10-14(28-6-4-21)29-12-9(11(22)20(10)12)8(2)27-15(24)26-7-16(17,18)19/h3,8-10,12,14,21H,1,4-7H2,2H3/t8?,9-,10?,12+,14?/m0/s1. The number of aliphatic hydroxyl groups is 1. The molecule has 164 valence electrons. The van der Waals surface area contributed by atoms with Crippen molar-refractivity contribution in [3.63, 3.8) is 0 Å². The summed E-state index contributed by atoms with van der Waals surface area (Å²) in [6.45, 7) is 4.52. The number of hydrogen-bond donors (Lipinski definition) is 1. The summed E-state index contributed by atoms with van der Waals surface area (Å²) in [5, 5.41) is 8.72. The molecule has 2 aliphatic heterocycles. The average molecular weight is 509 g/mol. The zero-order chi connectivity index (χ0) is 21.8. The smallest absolute Gasteiger partial charge is 0.460 e. The molecule has 0 bridgehead atoms. The van der Waals surface area contributed by atoms with Crippen LogP contribution in [0.4, 0.5) is 4.79 Å². The minimum Gasteiger partial charge on any atom is -0.460 e. The van der Waals surface area contributed by atoms with Gasteiger partial charge in [-0.1, -0.05) is 47.5 Å². The van der Waals surface area contributed by atoms with Gasteiger partial charge in [-0.05, 0) is 6.92 Å². The monoisotopic (exact) mass is 507 g/mol. The van der Waals surface area contributed by atoms with Gasteiger partial charge in [0.15, 0.2) is 6.04 Å². The molecule has 2 aliphatic rings. The van der Waals surface area contributed by atoms with Crippen LogP contribution in [0.15, 0.2) is 12.7 Å². The van der Waals surface area contributed by atoms with E-state index in [4.69, 9.17) is 54.1 Å². The van der Waals surface area contributed by atoms with Gasteiger partial charge >= 0.3 is 12.1 Å². The number of β-lactam (4-membered cyclic amide) rings is 1. The highest BCUT2D eigenvalue weighted by atomic mass is 35.6. The maximum atomic E-state index is 12.7. The van der Waals surface area contributed by atoms with E-state index in [0.29, 0.717) is 5.75 Å². The summed E-state index contributed by atoms with van der Waals surface area (Å²) >= 11 is 19.3. The summed E-state index contributed by atoms with van der Waals surface area (Å²) < 4.78 is 12.9. The van der Waals surface area contributed by atoms with Crippen LogP contribution in [0.3, 0.4) is 0 Å². The number of carbonyl (C=O) groups is 3. The van der Waals surface area contributed by atoms with E-state index >= 15 is 0 Å². The molecule has 0 aromatic carbocycles. The summed E-state index contributed by atoms with van der Waals surface area (Å²) in [6, 6.07) is -0.797. The molecule has 1 amide bonds. The molecule has 3 unspecified atom stereocenters. The molecule has 2 fully saturated rings. The molecule has 29 heavy (non-hydrogen) atoms. The number of esters is 1. The van der Waals surface area contributed by atoms with Crippen LogP contribution in [0.5, 0.6) is 0 Å². The fourth-order valence-electron chi connectivity index (χ4n) is 2.88. The van der Waals surface area contributed by atoms with Crippen LogP contribution < -0.4 is 0 Å². The predicted molar refractivity (Wildman–Crippen MR) is 112 cm³/mol. The lowest BCUT2D eigenvalue weighted by molar-refractivity contribution is -0.169. The second kappa shape index (κ2) is 10.7. The first-order valence-electron chi connectivity index (χ1n) is 8.48. The molecule has 5 atom stereocenters. The van der Waals surface area contributed by atoms with Crippen molar-refractivity contribution in [1.82, 2.24) is 4.90 Å². The Morgan fingerprint density at radius 1 is 1.41 bits per heavy atom. The molecule has 0 aromatic heterocycles. The molecule has 0 saturated carbocycles. The minimum absolute atomic E-state index is 0.0298. The largest absolute Gasteiger partial charge is 0.508 e. The molecule has 2 rings (SSSR count). The lowest BCUT2D eigenvalue weighted by Gasteiger charge is -2.45. The number of hydrogen-bond acceptors (Lipinski definition) is 9. The first-order chi connectivity index (χ1) is 13.6. The maximum absolute atomic E-state index is 12.7. The number of thioether (sulfide) groups is 2. The fourth-order valence-corrected chi connectivity index (χ4v) is 6.29. The Hall–Kier alpha value is -0.520. The van der Waals surface area contributed by atoms with Crippen molar-refractivity contribution in [3.8, 4) is 0 Å². The molecule has 0 aromatic rings. The quantitative estimate of drug-likeness (QED) is 0.218. The second-order valence-electron chi connectivity index (χ2n) is 6.10. The van der Waals surface area contributed by atoms with E-state index in [1.54, 1.807) is 6.92 Å². The number of carbonyl (C=O) groups excluding carboxylic acids is 3. The Morgan fingerprint density at radius 2 is 2.10 bits per heavy atom. The SMILES string of the molecule is C=CCOC(=O)C1C(SCCO)S[C@@H]2[C@@H](C(C)OC(=O)OCC(Cl)(Cl)Cl)C(=O)N12. The normalized spacial score (nSPS) is 26.9. The van der Waals surface area contributed by atoms with E-state index in [9.17, 15) is 14.4 Å². The first-order valence-corrected chi connectivity index (χ1v) is 11.6. The number of ether oxygens (including phenoxy) is 3. The van der Waals surface area contributed by atoms with Crippen molar-refractivity contribution >= 4 is 76.4 Å². The van der Waals surface area contributed by atoms with Crippen LogP contribution in [0.25, 0.3) is 0 Å². The van der Waals surface area contributed by atoms with Gasteiger partial charge < -0.3 is 24.2 Å². The van der Waals surface area contributed by atoms with Crippen molar-refractivity contribution in [2.45, 2.75) is 32.8 Å². The summed E-state index contributed by atoms with van der Waals surface area (Å²) in [5.74, 6) is -1.14.